The zero-order valence-corrected chi connectivity index (χ0v) is 10.6. The molecule has 2 rings (SSSR count). The first kappa shape index (κ1) is 12.8. The molecule has 1 aliphatic rings. The minimum absolute atomic E-state index is 0.0629. The van der Waals surface area contributed by atoms with Crippen LogP contribution in [-0.2, 0) is 4.74 Å². The molecule has 2 N–H and O–H groups in total. The van der Waals surface area contributed by atoms with Gasteiger partial charge in [-0.25, -0.2) is 4.98 Å². The molecule has 1 aromatic rings. The first-order chi connectivity index (χ1) is 8.68. The van der Waals surface area contributed by atoms with Crippen LogP contribution in [0.15, 0.2) is 18.3 Å². The summed E-state index contributed by atoms with van der Waals surface area (Å²) in [4.78, 5) is 17.9. The van der Waals surface area contributed by atoms with E-state index in [1.54, 1.807) is 23.2 Å². The van der Waals surface area contributed by atoms with Crippen molar-refractivity contribution in [2.45, 2.75) is 12.8 Å². The van der Waals surface area contributed by atoms with E-state index in [2.05, 4.69) is 4.98 Å². The standard InChI is InChI=1S/C13H19N3O2/c1-16(9-10-4-7-18-8-5-10)13(17)11-3-2-6-15-12(11)14/h2-3,6,10H,4-5,7-9H2,1H3,(H2,14,15). The minimum atomic E-state index is -0.0629. The number of nitrogen functional groups attached to an aromatic ring is 1. The topological polar surface area (TPSA) is 68.5 Å². The molecule has 1 aromatic heterocycles. The number of amides is 1. The van der Waals surface area contributed by atoms with Crippen molar-refractivity contribution >= 4 is 11.7 Å². The van der Waals surface area contributed by atoms with Crippen molar-refractivity contribution in [3.63, 3.8) is 0 Å². The first-order valence-corrected chi connectivity index (χ1v) is 6.22. The summed E-state index contributed by atoms with van der Waals surface area (Å²) >= 11 is 0. The Morgan fingerprint density at radius 3 is 2.94 bits per heavy atom. The van der Waals surface area contributed by atoms with Crippen LogP contribution >= 0.6 is 0 Å². The zero-order chi connectivity index (χ0) is 13.0. The highest BCUT2D eigenvalue weighted by Crippen LogP contribution is 2.17. The number of pyridine rings is 1. The molecule has 0 radical (unpaired) electrons. The van der Waals surface area contributed by atoms with E-state index < -0.39 is 0 Å². The lowest BCUT2D eigenvalue weighted by Gasteiger charge is -2.27. The quantitative estimate of drug-likeness (QED) is 0.873. The average molecular weight is 249 g/mol. The highest BCUT2D eigenvalue weighted by Gasteiger charge is 2.20. The molecule has 0 unspecified atom stereocenters. The Kier molecular flexibility index (Phi) is 4.15. The molecule has 0 atom stereocenters. The summed E-state index contributed by atoms with van der Waals surface area (Å²) in [5.41, 5.74) is 6.19. The van der Waals surface area contributed by atoms with Gasteiger partial charge in [-0.15, -0.1) is 0 Å². The van der Waals surface area contributed by atoms with Gasteiger partial charge >= 0.3 is 0 Å². The molecule has 5 nitrogen and oxygen atoms in total. The van der Waals surface area contributed by atoms with Crippen molar-refractivity contribution in [2.24, 2.45) is 5.92 Å². The molecule has 0 saturated carbocycles. The second-order valence-corrected chi connectivity index (χ2v) is 4.68. The predicted molar refractivity (Wildman–Crippen MR) is 69.2 cm³/mol. The number of rotatable bonds is 3. The maximum absolute atomic E-state index is 12.2. The summed E-state index contributed by atoms with van der Waals surface area (Å²) in [6.45, 7) is 2.33. The van der Waals surface area contributed by atoms with Crippen molar-refractivity contribution in [1.82, 2.24) is 9.88 Å². The second kappa shape index (κ2) is 5.82. The molecule has 5 heteroatoms. The number of hydrogen-bond acceptors (Lipinski definition) is 4. The monoisotopic (exact) mass is 249 g/mol. The fourth-order valence-corrected chi connectivity index (χ4v) is 2.20. The molecule has 18 heavy (non-hydrogen) atoms. The van der Waals surface area contributed by atoms with E-state index in [0.29, 0.717) is 17.3 Å². The van der Waals surface area contributed by atoms with E-state index in [1.807, 2.05) is 7.05 Å². The summed E-state index contributed by atoms with van der Waals surface area (Å²) in [6.07, 6.45) is 3.62. The molecule has 0 aliphatic carbocycles. The summed E-state index contributed by atoms with van der Waals surface area (Å²) in [5.74, 6) is 0.749. The third kappa shape index (κ3) is 2.98. The van der Waals surface area contributed by atoms with Crippen LogP contribution < -0.4 is 5.73 Å². The Labute approximate surface area is 107 Å². The highest BCUT2D eigenvalue weighted by molar-refractivity contribution is 5.98. The van der Waals surface area contributed by atoms with Crippen molar-refractivity contribution in [3.05, 3.63) is 23.9 Å². The Hall–Kier alpha value is -1.62. The van der Waals surface area contributed by atoms with Gasteiger partial charge in [-0.2, -0.15) is 0 Å². The minimum Gasteiger partial charge on any atom is -0.383 e. The summed E-state index contributed by atoms with van der Waals surface area (Å²) in [5, 5.41) is 0. The van der Waals surface area contributed by atoms with E-state index in [-0.39, 0.29) is 5.91 Å². The largest absolute Gasteiger partial charge is 0.383 e. The predicted octanol–water partition coefficient (Wildman–Crippen LogP) is 1.16. The molecular formula is C13H19N3O2. The molecule has 1 amide bonds. The van der Waals surface area contributed by atoms with Crippen LogP contribution in [0.5, 0.6) is 0 Å². The molecule has 0 aromatic carbocycles. The molecule has 2 heterocycles. The number of carbonyl (C=O) groups excluding carboxylic acids is 1. The van der Waals surface area contributed by atoms with Crippen LogP contribution in [0.25, 0.3) is 0 Å². The van der Waals surface area contributed by atoms with Gasteiger partial charge in [0.2, 0.25) is 0 Å². The average Bonchev–Trinajstić information content (AvgIpc) is 2.39. The Bertz CT molecular complexity index is 416. The normalized spacial score (nSPS) is 16.5. The fourth-order valence-electron chi connectivity index (χ4n) is 2.20. The molecule has 1 fully saturated rings. The number of carbonyl (C=O) groups is 1. The van der Waals surface area contributed by atoms with Gasteiger partial charge in [0.15, 0.2) is 0 Å². The highest BCUT2D eigenvalue weighted by atomic mass is 16.5. The summed E-state index contributed by atoms with van der Waals surface area (Å²) in [7, 11) is 1.81. The zero-order valence-electron chi connectivity index (χ0n) is 10.6. The molecule has 0 spiro atoms. The summed E-state index contributed by atoms with van der Waals surface area (Å²) < 4.78 is 5.31. The van der Waals surface area contributed by atoms with Gasteiger partial charge in [-0.1, -0.05) is 0 Å². The van der Waals surface area contributed by atoms with Gasteiger partial charge in [-0.05, 0) is 30.9 Å². The van der Waals surface area contributed by atoms with Crippen LogP contribution in [0.1, 0.15) is 23.2 Å². The summed E-state index contributed by atoms with van der Waals surface area (Å²) in [6, 6.07) is 3.44. The second-order valence-electron chi connectivity index (χ2n) is 4.68. The van der Waals surface area contributed by atoms with Gasteiger partial charge in [0.25, 0.3) is 5.91 Å². The third-order valence-corrected chi connectivity index (χ3v) is 3.29. The smallest absolute Gasteiger partial charge is 0.257 e. The number of ether oxygens (including phenoxy) is 1. The number of nitrogens with two attached hydrogens (primary N) is 1. The maximum atomic E-state index is 12.2. The van der Waals surface area contributed by atoms with Crippen LogP contribution in [0.2, 0.25) is 0 Å². The van der Waals surface area contributed by atoms with Gasteiger partial charge in [0, 0.05) is 33.0 Å². The van der Waals surface area contributed by atoms with E-state index in [9.17, 15) is 4.79 Å². The lowest BCUT2D eigenvalue weighted by Crippen LogP contribution is -2.34. The van der Waals surface area contributed by atoms with E-state index in [0.717, 1.165) is 32.6 Å². The van der Waals surface area contributed by atoms with Crippen molar-refractivity contribution in [2.75, 3.05) is 32.5 Å². The van der Waals surface area contributed by atoms with E-state index in [4.69, 9.17) is 10.5 Å². The third-order valence-electron chi connectivity index (χ3n) is 3.29. The molecule has 98 valence electrons. The fraction of sp³-hybridized carbons (Fsp3) is 0.538. The Morgan fingerprint density at radius 2 is 2.28 bits per heavy atom. The molecule has 0 bridgehead atoms. The van der Waals surface area contributed by atoms with Crippen LogP contribution in [-0.4, -0.2) is 42.6 Å². The molecular weight excluding hydrogens is 230 g/mol. The Morgan fingerprint density at radius 1 is 1.56 bits per heavy atom. The maximum Gasteiger partial charge on any atom is 0.257 e. The Balaban J connectivity index is 1.98. The number of hydrogen-bond donors (Lipinski definition) is 1. The van der Waals surface area contributed by atoms with Gasteiger partial charge in [0.1, 0.15) is 5.82 Å². The van der Waals surface area contributed by atoms with Crippen molar-refractivity contribution < 1.29 is 9.53 Å². The first-order valence-electron chi connectivity index (χ1n) is 6.22. The van der Waals surface area contributed by atoms with Crippen molar-refractivity contribution in [1.29, 1.82) is 0 Å². The SMILES string of the molecule is CN(CC1CCOCC1)C(=O)c1cccnc1N. The molecule has 1 aliphatic heterocycles. The van der Waals surface area contributed by atoms with E-state index in [1.165, 1.54) is 0 Å². The number of nitrogens with zero attached hydrogens (tertiary/aromatic N) is 2. The van der Waals surface area contributed by atoms with Crippen LogP contribution in [0, 0.1) is 5.92 Å². The number of aromatic nitrogens is 1. The van der Waals surface area contributed by atoms with Crippen LogP contribution in [0.3, 0.4) is 0 Å². The number of anilines is 1. The van der Waals surface area contributed by atoms with Crippen molar-refractivity contribution in [3.8, 4) is 0 Å². The lowest BCUT2D eigenvalue weighted by molar-refractivity contribution is 0.0497. The lowest BCUT2D eigenvalue weighted by atomic mass is 9.99. The van der Waals surface area contributed by atoms with Gasteiger partial charge in [0.05, 0.1) is 5.56 Å². The van der Waals surface area contributed by atoms with Gasteiger partial charge < -0.3 is 15.4 Å². The van der Waals surface area contributed by atoms with Gasteiger partial charge in [-0.3, -0.25) is 4.79 Å². The molecule has 1 saturated heterocycles. The van der Waals surface area contributed by atoms with E-state index >= 15 is 0 Å². The van der Waals surface area contributed by atoms with Crippen LogP contribution in [0.4, 0.5) is 5.82 Å².